The molecule has 0 aromatic heterocycles. The van der Waals surface area contributed by atoms with Gasteiger partial charge in [-0.15, -0.1) is 0 Å². The fourth-order valence-corrected chi connectivity index (χ4v) is 2.19. The van der Waals surface area contributed by atoms with Crippen LogP contribution in [-0.2, 0) is 9.53 Å². The van der Waals surface area contributed by atoms with Gasteiger partial charge in [-0.05, 0) is 38.2 Å². The van der Waals surface area contributed by atoms with E-state index in [1.807, 2.05) is 39.0 Å². The van der Waals surface area contributed by atoms with E-state index < -0.39 is 5.60 Å². The third-order valence-electron chi connectivity index (χ3n) is 2.93. The van der Waals surface area contributed by atoms with Gasteiger partial charge in [0.1, 0.15) is 5.60 Å². The number of benzene rings is 1. The van der Waals surface area contributed by atoms with Gasteiger partial charge in [-0.3, -0.25) is 4.79 Å². The van der Waals surface area contributed by atoms with Gasteiger partial charge in [-0.25, -0.2) is 0 Å². The van der Waals surface area contributed by atoms with E-state index in [9.17, 15) is 4.79 Å². The number of hydrogen-bond donors (Lipinski definition) is 1. The van der Waals surface area contributed by atoms with Crippen LogP contribution in [0.5, 0.6) is 0 Å². The molecule has 0 fully saturated rings. The van der Waals surface area contributed by atoms with Gasteiger partial charge in [0, 0.05) is 6.04 Å². The second kappa shape index (κ2) is 7.08. The molecule has 0 bridgehead atoms. The van der Waals surface area contributed by atoms with Crippen LogP contribution in [0.4, 0.5) is 0 Å². The lowest BCUT2D eigenvalue weighted by molar-refractivity contribution is -0.153. The van der Waals surface area contributed by atoms with Crippen LogP contribution in [0, 0.1) is 5.41 Å². The predicted octanol–water partition coefficient (Wildman–Crippen LogP) is 4.10. The quantitative estimate of drug-likeness (QED) is 0.830. The SMILES string of the molecule is CC(C)(C)CC(NCC(=O)OC(C)(C)C)c1ccccc1. The third kappa shape index (κ3) is 7.86. The second-order valence-electron chi connectivity index (χ2n) is 7.70. The maximum atomic E-state index is 11.9. The summed E-state index contributed by atoms with van der Waals surface area (Å²) in [5.74, 6) is -0.211. The largest absolute Gasteiger partial charge is 0.459 e. The van der Waals surface area contributed by atoms with E-state index in [0.29, 0.717) is 0 Å². The molecule has 1 aromatic carbocycles. The van der Waals surface area contributed by atoms with Crippen molar-refractivity contribution in [1.82, 2.24) is 5.32 Å². The number of rotatable bonds is 5. The van der Waals surface area contributed by atoms with E-state index in [4.69, 9.17) is 4.74 Å². The van der Waals surface area contributed by atoms with E-state index in [1.54, 1.807) is 0 Å². The highest BCUT2D eigenvalue weighted by Crippen LogP contribution is 2.29. The number of nitrogens with one attached hydrogen (secondary N) is 1. The van der Waals surface area contributed by atoms with Crippen molar-refractivity contribution in [2.24, 2.45) is 5.41 Å². The molecule has 1 unspecified atom stereocenters. The molecular weight excluding hydrogens is 262 g/mol. The van der Waals surface area contributed by atoms with Crippen LogP contribution in [0.15, 0.2) is 30.3 Å². The molecule has 1 atom stereocenters. The van der Waals surface area contributed by atoms with Gasteiger partial charge in [-0.1, -0.05) is 51.1 Å². The highest BCUT2D eigenvalue weighted by atomic mass is 16.6. The summed E-state index contributed by atoms with van der Waals surface area (Å²) in [5.41, 5.74) is 0.947. The molecule has 0 spiro atoms. The van der Waals surface area contributed by atoms with Crippen LogP contribution >= 0.6 is 0 Å². The summed E-state index contributed by atoms with van der Waals surface area (Å²) in [7, 11) is 0. The Kier molecular flexibility index (Phi) is 5.97. The van der Waals surface area contributed by atoms with Crippen molar-refractivity contribution in [2.45, 2.75) is 59.6 Å². The van der Waals surface area contributed by atoms with Crippen molar-refractivity contribution in [3.05, 3.63) is 35.9 Å². The van der Waals surface area contributed by atoms with Crippen LogP contribution in [0.25, 0.3) is 0 Å². The van der Waals surface area contributed by atoms with E-state index >= 15 is 0 Å². The molecule has 1 aromatic rings. The Balaban J connectivity index is 2.69. The minimum atomic E-state index is -0.439. The minimum Gasteiger partial charge on any atom is -0.459 e. The zero-order valence-electron chi connectivity index (χ0n) is 14.2. The lowest BCUT2D eigenvalue weighted by Gasteiger charge is -2.28. The van der Waals surface area contributed by atoms with Gasteiger partial charge in [-0.2, -0.15) is 0 Å². The highest BCUT2D eigenvalue weighted by molar-refractivity contribution is 5.72. The molecule has 0 amide bonds. The fraction of sp³-hybridized carbons (Fsp3) is 0.611. The van der Waals surface area contributed by atoms with Gasteiger partial charge in [0.15, 0.2) is 0 Å². The molecule has 3 heteroatoms. The Morgan fingerprint density at radius 1 is 1.10 bits per heavy atom. The first-order chi connectivity index (χ1) is 9.57. The molecular formula is C18H29NO2. The molecule has 118 valence electrons. The first-order valence-corrected chi connectivity index (χ1v) is 7.57. The maximum Gasteiger partial charge on any atom is 0.320 e. The molecule has 0 saturated carbocycles. The second-order valence-corrected chi connectivity index (χ2v) is 7.70. The maximum absolute atomic E-state index is 11.9. The Morgan fingerprint density at radius 3 is 2.14 bits per heavy atom. The minimum absolute atomic E-state index is 0.152. The van der Waals surface area contributed by atoms with Crippen molar-refractivity contribution >= 4 is 5.97 Å². The van der Waals surface area contributed by atoms with Gasteiger partial charge < -0.3 is 10.1 Å². The van der Waals surface area contributed by atoms with Gasteiger partial charge in [0.25, 0.3) is 0 Å². The molecule has 0 aliphatic carbocycles. The van der Waals surface area contributed by atoms with Crippen molar-refractivity contribution in [2.75, 3.05) is 6.54 Å². The molecule has 0 saturated heterocycles. The summed E-state index contributed by atoms with van der Waals surface area (Å²) in [4.78, 5) is 11.9. The standard InChI is InChI=1S/C18H29NO2/c1-17(2,3)12-15(14-10-8-7-9-11-14)19-13-16(20)21-18(4,5)6/h7-11,15,19H,12-13H2,1-6H3. The molecule has 1 rings (SSSR count). The van der Waals surface area contributed by atoms with Crippen LogP contribution in [0.3, 0.4) is 0 Å². The Hall–Kier alpha value is -1.35. The average molecular weight is 291 g/mol. The van der Waals surface area contributed by atoms with E-state index in [-0.39, 0.29) is 24.0 Å². The molecule has 0 aliphatic heterocycles. The number of carbonyl (C=O) groups is 1. The molecule has 1 N–H and O–H groups in total. The van der Waals surface area contributed by atoms with Crippen LogP contribution in [0.1, 0.15) is 59.6 Å². The summed E-state index contributed by atoms with van der Waals surface area (Å²) >= 11 is 0. The number of ether oxygens (including phenoxy) is 1. The van der Waals surface area contributed by atoms with Gasteiger partial charge in [0.2, 0.25) is 0 Å². The number of hydrogen-bond acceptors (Lipinski definition) is 3. The summed E-state index contributed by atoms with van der Waals surface area (Å²) in [6, 6.07) is 10.4. The van der Waals surface area contributed by atoms with Crippen molar-refractivity contribution in [1.29, 1.82) is 0 Å². The van der Waals surface area contributed by atoms with Crippen molar-refractivity contribution in [3.8, 4) is 0 Å². The van der Waals surface area contributed by atoms with Crippen LogP contribution in [-0.4, -0.2) is 18.1 Å². The summed E-state index contributed by atoms with van der Waals surface area (Å²) in [5, 5.41) is 3.34. The summed E-state index contributed by atoms with van der Waals surface area (Å²) < 4.78 is 5.35. The predicted molar refractivity (Wildman–Crippen MR) is 87.1 cm³/mol. The van der Waals surface area contributed by atoms with Gasteiger partial charge in [0.05, 0.1) is 6.54 Å². The smallest absolute Gasteiger partial charge is 0.320 e. The van der Waals surface area contributed by atoms with E-state index in [0.717, 1.165) is 6.42 Å². The fourth-order valence-electron chi connectivity index (χ4n) is 2.19. The normalized spacial score (nSPS) is 13.8. The highest BCUT2D eigenvalue weighted by Gasteiger charge is 2.22. The number of carbonyl (C=O) groups excluding carboxylic acids is 1. The lowest BCUT2D eigenvalue weighted by atomic mass is 9.85. The molecule has 0 heterocycles. The monoisotopic (exact) mass is 291 g/mol. The van der Waals surface area contributed by atoms with Crippen molar-refractivity contribution < 1.29 is 9.53 Å². The Bertz CT molecular complexity index is 441. The zero-order chi connectivity index (χ0) is 16.1. The lowest BCUT2D eigenvalue weighted by Crippen LogP contribution is -2.34. The summed E-state index contributed by atoms with van der Waals surface area (Å²) in [6.45, 7) is 12.5. The third-order valence-corrected chi connectivity index (χ3v) is 2.93. The molecule has 3 nitrogen and oxygen atoms in total. The molecule has 21 heavy (non-hydrogen) atoms. The van der Waals surface area contributed by atoms with Crippen LogP contribution in [0.2, 0.25) is 0 Å². The van der Waals surface area contributed by atoms with Gasteiger partial charge >= 0.3 is 5.97 Å². The van der Waals surface area contributed by atoms with Crippen LogP contribution < -0.4 is 5.32 Å². The van der Waals surface area contributed by atoms with Crippen molar-refractivity contribution in [3.63, 3.8) is 0 Å². The first-order valence-electron chi connectivity index (χ1n) is 7.57. The number of esters is 1. The molecule has 0 aliphatic rings. The van der Waals surface area contributed by atoms with E-state index in [1.165, 1.54) is 5.56 Å². The zero-order valence-corrected chi connectivity index (χ0v) is 14.2. The van der Waals surface area contributed by atoms with E-state index in [2.05, 4.69) is 38.2 Å². The average Bonchev–Trinajstić information content (AvgIpc) is 2.32. The summed E-state index contributed by atoms with van der Waals surface area (Å²) in [6.07, 6.45) is 0.958. The molecule has 0 radical (unpaired) electrons. The Labute approximate surface area is 129 Å². The Morgan fingerprint density at radius 2 is 1.67 bits per heavy atom. The first kappa shape index (κ1) is 17.7. The topological polar surface area (TPSA) is 38.3 Å².